The van der Waals surface area contributed by atoms with Crippen LogP contribution in [0.15, 0.2) is 16.8 Å². The van der Waals surface area contributed by atoms with E-state index in [-0.39, 0.29) is 24.0 Å². The Morgan fingerprint density at radius 1 is 1.48 bits per heavy atom. The first kappa shape index (κ1) is 16.9. The summed E-state index contributed by atoms with van der Waals surface area (Å²) in [5.41, 5.74) is 1.59. The summed E-state index contributed by atoms with van der Waals surface area (Å²) < 4.78 is 10.6. The lowest BCUT2D eigenvalue weighted by molar-refractivity contribution is -0.130. The summed E-state index contributed by atoms with van der Waals surface area (Å²) >= 11 is 1.76. The van der Waals surface area contributed by atoms with Crippen molar-refractivity contribution in [2.75, 3.05) is 40.0 Å². The Bertz CT molecular complexity index is 498. The number of nitrogens with zero attached hydrogens (tertiary/aromatic N) is 1. The molecule has 2 saturated heterocycles. The largest absolute Gasteiger partial charge is 0.379 e. The van der Waals surface area contributed by atoms with Gasteiger partial charge < -0.3 is 14.8 Å². The van der Waals surface area contributed by atoms with Crippen LogP contribution in [0.1, 0.15) is 24.8 Å². The Hall–Kier alpha value is -0.950. The molecule has 2 fully saturated rings. The second-order valence-corrected chi connectivity index (χ2v) is 7.43. The molecule has 1 N–H and O–H groups in total. The molecule has 0 radical (unpaired) electrons. The second kappa shape index (κ2) is 7.75. The van der Waals surface area contributed by atoms with E-state index < -0.39 is 0 Å². The van der Waals surface area contributed by atoms with Crippen LogP contribution in [-0.4, -0.2) is 56.9 Å². The van der Waals surface area contributed by atoms with Crippen LogP contribution in [0, 0.1) is 5.41 Å². The number of carbonyl (C=O) groups excluding carboxylic acids is 1. The highest BCUT2D eigenvalue weighted by Crippen LogP contribution is 2.41. The number of amides is 1. The topological polar surface area (TPSA) is 50.8 Å². The van der Waals surface area contributed by atoms with Gasteiger partial charge in [0.2, 0.25) is 5.91 Å². The normalized spacial score (nSPS) is 24.7. The summed E-state index contributed by atoms with van der Waals surface area (Å²) in [7, 11) is 1.55. The molecule has 2 aliphatic rings. The third-order valence-corrected chi connectivity index (χ3v) is 5.95. The predicted octanol–water partition coefficient (Wildman–Crippen LogP) is 1.88. The van der Waals surface area contributed by atoms with E-state index in [1.807, 2.05) is 0 Å². The Balaban J connectivity index is 1.58. The van der Waals surface area contributed by atoms with E-state index in [2.05, 4.69) is 27.0 Å². The highest BCUT2D eigenvalue weighted by molar-refractivity contribution is 7.07. The molecule has 1 atom stereocenters. The lowest BCUT2D eigenvalue weighted by Gasteiger charge is -2.49. The Labute approximate surface area is 142 Å². The van der Waals surface area contributed by atoms with Gasteiger partial charge >= 0.3 is 0 Å². The van der Waals surface area contributed by atoms with Crippen LogP contribution in [0.3, 0.4) is 0 Å². The number of likely N-dealkylation sites (tertiary alicyclic amines) is 1. The van der Waals surface area contributed by atoms with Crippen molar-refractivity contribution in [3.05, 3.63) is 22.4 Å². The Kier molecular flexibility index (Phi) is 5.69. The molecule has 0 bridgehead atoms. The number of nitrogens with one attached hydrogen (secondary N) is 1. The fourth-order valence-corrected chi connectivity index (χ4v) is 4.45. The fourth-order valence-electron chi connectivity index (χ4n) is 3.79. The van der Waals surface area contributed by atoms with Gasteiger partial charge in [-0.1, -0.05) is 0 Å². The monoisotopic (exact) mass is 338 g/mol. The molecule has 0 aromatic carbocycles. The molecule has 23 heavy (non-hydrogen) atoms. The number of thiophene rings is 1. The van der Waals surface area contributed by atoms with Gasteiger partial charge in [0.25, 0.3) is 0 Å². The van der Waals surface area contributed by atoms with E-state index >= 15 is 0 Å². The number of piperidine rings is 1. The standard InChI is InChI=1S/C17H26N2O3S/c1-21-12-16(20)18-15-11-22-8-5-17(15)3-6-19(7-4-17)10-14-2-9-23-13-14/h2,9,13,15H,3-8,10-12H2,1H3,(H,18,20). The summed E-state index contributed by atoms with van der Waals surface area (Å²) in [4.78, 5) is 14.4. The minimum atomic E-state index is -0.0388. The molecule has 128 valence electrons. The third kappa shape index (κ3) is 4.12. The van der Waals surface area contributed by atoms with E-state index in [1.54, 1.807) is 18.4 Å². The predicted molar refractivity (Wildman–Crippen MR) is 90.5 cm³/mol. The first-order valence-corrected chi connectivity index (χ1v) is 9.26. The second-order valence-electron chi connectivity index (χ2n) is 6.65. The number of methoxy groups -OCH3 is 1. The van der Waals surface area contributed by atoms with Crippen LogP contribution >= 0.6 is 11.3 Å². The molecule has 1 amide bonds. The maximum atomic E-state index is 11.9. The quantitative estimate of drug-likeness (QED) is 0.891. The molecule has 1 spiro atoms. The SMILES string of the molecule is COCC(=O)NC1COCCC12CCN(Cc1ccsc1)CC2. The number of ether oxygens (including phenoxy) is 2. The zero-order valence-electron chi connectivity index (χ0n) is 13.8. The van der Waals surface area contributed by atoms with E-state index in [4.69, 9.17) is 9.47 Å². The average Bonchev–Trinajstić information content (AvgIpc) is 3.05. The van der Waals surface area contributed by atoms with Gasteiger partial charge in [-0.15, -0.1) is 0 Å². The van der Waals surface area contributed by atoms with Crippen LogP contribution < -0.4 is 5.32 Å². The van der Waals surface area contributed by atoms with Crippen molar-refractivity contribution in [1.82, 2.24) is 10.2 Å². The zero-order valence-corrected chi connectivity index (χ0v) is 14.6. The summed E-state index contributed by atoms with van der Waals surface area (Å²) in [5.74, 6) is -0.0388. The Morgan fingerprint density at radius 2 is 2.30 bits per heavy atom. The maximum absolute atomic E-state index is 11.9. The lowest BCUT2D eigenvalue weighted by atomic mass is 9.69. The fraction of sp³-hybridized carbons (Fsp3) is 0.706. The van der Waals surface area contributed by atoms with Gasteiger partial charge in [0.15, 0.2) is 0 Å². The van der Waals surface area contributed by atoms with Gasteiger partial charge in [-0.05, 0) is 60.2 Å². The summed E-state index contributed by atoms with van der Waals surface area (Å²) in [6, 6.07) is 2.32. The first-order chi connectivity index (χ1) is 11.2. The summed E-state index contributed by atoms with van der Waals surface area (Å²) in [5, 5.41) is 7.50. The number of hydrogen-bond acceptors (Lipinski definition) is 5. The molecule has 1 aromatic heterocycles. The van der Waals surface area contributed by atoms with Gasteiger partial charge in [-0.25, -0.2) is 0 Å². The first-order valence-electron chi connectivity index (χ1n) is 8.31. The van der Waals surface area contributed by atoms with Crippen LogP contribution in [0.25, 0.3) is 0 Å². The molecule has 0 aliphatic carbocycles. The average molecular weight is 338 g/mol. The number of hydrogen-bond donors (Lipinski definition) is 1. The van der Waals surface area contributed by atoms with Crippen molar-refractivity contribution in [3.63, 3.8) is 0 Å². The van der Waals surface area contributed by atoms with Crippen molar-refractivity contribution in [2.24, 2.45) is 5.41 Å². The zero-order chi connectivity index (χ0) is 16.1. The molecule has 3 rings (SSSR count). The van der Waals surface area contributed by atoms with E-state index in [0.717, 1.165) is 45.5 Å². The minimum absolute atomic E-state index is 0.0388. The molecule has 1 aromatic rings. The minimum Gasteiger partial charge on any atom is -0.379 e. The smallest absolute Gasteiger partial charge is 0.246 e. The van der Waals surface area contributed by atoms with Crippen molar-refractivity contribution in [1.29, 1.82) is 0 Å². The van der Waals surface area contributed by atoms with E-state index in [0.29, 0.717) is 6.61 Å². The molecular formula is C17H26N2O3S. The van der Waals surface area contributed by atoms with Crippen molar-refractivity contribution < 1.29 is 14.3 Å². The van der Waals surface area contributed by atoms with Gasteiger partial charge in [-0.2, -0.15) is 11.3 Å². The van der Waals surface area contributed by atoms with Crippen LogP contribution in [0.2, 0.25) is 0 Å². The maximum Gasteiger partial charge on any atom is 0.246 e. The highest BCUT2D eigenvalue weighted by Gasteiger charge is 2.44. The van der Waals surface area contributed by atoms with E-state index in [1.165, 1.54) is 5.56 Å². The summed E-state index contributed by atoms with van der Waals surface area (Å²) in [6.45, 7) is 4.77. The van der Waals surface area contributed by atoms with Crippen LogP contribution in [-0.2, 0) is 20.8 Å². The lowest BCUT2D eigenvalue weighted by Crippen LogP contribution is -2.57. The summed E-state index contributed by atoms with van der Waals surface area (Å²) in [6.07, 6.45) is 3.29. The molecular weight excluding hydrogens is 312 g/mol. The van der Waals surface area contributed by atoms with Gasteiger partial charge in [0.05, 0.1) is 12.6 Å². The molecule has 3 heterocycles. The molecule has 0 saturated carbocycles. The third-order valence-electron chi connectivity index (χ3n) is 5.22. The number of carbonyl (C=O) groups is 1. The van der Waals surface area contributed by atoms with Gasteiger partial charge in [-0.3, -0.25) is 9.69 Å². The van der Waals surface area contributed by atoms with Crippen LogP contribution in [0.4, 0.5) is 0 Å². The molecule has 2 aliphatic heterocycles. The van der Waals surface area contributed by atoms with Crippen molar-refractivity contribution in [2.45, 2.75) is 31.8 Å². The Morgan fingerprint density at radius 3 is 3.00 bits per heavy atom. The van der Waals surface area contributed by atoms with Gasteiger partial charge in [0.1, 0.15) is 6.61 Å². The molecule has 1 unspecified atom stereocenters. The van der Waals surface area contributed by atoms with E-state index in [9.17, 15) is 4.79 Å². The van der Waals surface area contributed by atoms with Crippen molar-refractivity contribution >= 4 is 17.2 Å². The molecule has 5 nitrogen and oxygen atoms in total. The van der Waals surface area contributed by atoms with Gasteiger partial charge in [0, 0.05) is 20.3 Å². The molecule has 6 heteroatoms. The highest BCUT2D eigenvalue weighted by atomic mass is 32.1. The number of rotatable bonds is 5. The van der Waals surface area contributed by atoms with Crippen LogP contribution in [0.5, 0.6) is 0 Å². The van der Waals surface area contributed by atoms with Crippen molar-refractivity contribution in [3.8, 4) is 0 Å².